The van der Waals surface area contributed by atoms with Crippen molar-refractivity contribution in [3.63, 3.8) is 0 Å². The molecule has 0 aliphatic heterocycles. The smallest absolute Gasteiger partial charge is 0.127 e. The second-order valence-electron chi connectivity index (χ2n) is 3.32. The van der Waals surface area contributed by atoms with Crippen molar-refractivity contribution in [1.82, 2.24) is 0 Å². The highest BCUT2D eigenvalue weighted by atomic mass is 35.5. The second-order valence-corrected chi connectivity index (χ2v) is 4.17. The molecular formula is C12H7Cl2FO. The zero-order chi connectivity index (χ0) is 11.7. The Morgan fingerprint density at radius 1 is 1.00 bits per heavy atom. The van der Waals surface area contributed by atoms with Crippen molar-refractivity contribution in [2.45, 2.75) is 0 Å². The van der Waals surface area contributed by atoms with Gasteiger partial charge in [-0.1, -0.05) is 23.2 Å². The molecule has 0 saturated carbocycles. The molecule has 0 amide bonds. The lowest BCUT2D eigenvalue weighted by atomic mass is 10.1. The molecule has 0 fully saturated rings. The molecule has 0 bridgehead atoms. The number of hydrogen-bond acceptors (Lipinski definition) is 1. The molecule has 0 radical (unpaired) electrons. The third kappa shape index (κ3) is 2.29. The van der Waals surface area contributed by atoms with E-state index >= 15 is 0 Å². The van der Waals surface area contributed by atoms with E-state index in [0.29, 0.717) is 21.2 Å². The highest BCUT2D eigenvalue weighted by Gasteiger charge is 2.07. The maximum atomic E-state index is 13.1. The molecule has 0 aliphatic carbocycles. The summed E-state index contributed by atoms with van der Waals surface area (Å²) in [5.74, 6) is -0.669. The van der Waals surface area contributed by atoms with Crippen LogP contribution in [0.2, 0.25) is 10.0 Å². The molecule has 2 aromatic carbocycles. The molecular weight excluding hydrogens is 250 g/mol. The van der Waals surface area contributed by atoms with E-state index in [1.54, 1.807) is 18.2 Å². The van der Waals surface area contributed by atoms with E-state index in [4.69, 9.17) is 23.2 Å². The third-order valence-corrected chi connectivity index (χ3v) is 2.69. The van der Waals surface area contributed by atoms with Crippen LogP contribution in [-0.2, 0) is 0 Å². The summed E-state index contributed by atoms with van der Waals surface area (Å²) in [5.41, 5.74) is 1.08. The quantitative estimate of drug-likeness (QED) is 0.797. The van der Waals surface area contributed by atoms with Crippen molar-refractivity contribution in [2.24, 2.45) is 0 Å². The van der Waals surface area contributed by atoms with E-state index < -0.39 is 5.82 Å². The summed E-state index contributed by atoms with van der Waals surface area (Å²) in [4.78, 5) is 0. The standard InChI is InChI=1S/C12H7Cl2FO/c13-8-1-2-12(14)11(5-8)7-3-9(15)6-10(16)4-7/h1-6,16H. The Balaban J connectivity index is 2.62. The van der Waals surface area contributed by atoms with Gasteiger partial charge in [-0.2, -0.15) is 0 Å². The van der Waals surface area contributed by atoms with Crippen molar-refractivity contribution in [2.75, 3.05) is 0 Å². The minimum Gasteiger partial charge on any atom is -0.508 e. The van der Waals surface area contributed by atoms with E-state index in [9.17, 15) is 9.50 Å². The Bertz CT molecular complexity index is 520. The predicted molar refractivity (Wildman–Crippen MR) is 63.5 cm³/mol. The number of aromatic hydroxyl groups is 1. The third-order valence-electron chi connectivity index (χ3n) is 2.12. The Morgan fingerprint density at radius 3 is 2.44 bits per heavy atom. The average molecular weight is 257 g/mol. The Morgan fingerprint density at radius 2 is 1.75 bits per heavy atom. The minimum atomic E-state index is -0.522. The van der Waals surface area contributed by atoms with Gasteiger partial charge in [-0.05, 0) is 35.9 Å². The van der Waals surface area contributed by atoms with Crippen molar-refractivity contribution >= 4 is 23.2 Å². The fourth-order valence-corrected chi connectivity index (χ4v) is 1.85. The maximum Gasteiger partial charge on any atom is 0.127 e. The molecule has 4 heteroatoms. The molecule has 0 spiro atoms. The molecule has 0 unspecified atom stereocenters. The van der Waals surface area contributed by atoms with Crippen LogP contribution in [0.5, 0.6) is 5.75 Å². The van der Waals surface area contributed by atoms with Crippen LogP contribution >= 0.6 is 23.2 Å². The van der Waals surface area contributed by atoms with Crippen molar-refractivity contribution in [3.05, 3.63) is 52.3 Å². The molecule has 0 saturated heterocycles. The number of phenolic OH excluding ortho intramolecular Hbond substituents is 1. The van der Waals surface area contributed by atoms with Gasteiger partial charge in [-0.3, -0.25) is 0 Å². The first-order chi connectivity index (χ1) is 7.56. The van der Waals surface area contributed by atoms with E-state index in [2.05, 4.69) is 0 Å². The molecule has 0 heterocycles. The van der Waals surface area contributed by atoms with Crippen molar-refractivity contribution in [1.29, 1.82) is 0 Å². The lowest BCUT2D eigenvalue weighted by Crippen LogP contribution is -1.82. The van der Waals surface area contributed by atoms with Crippen LogP contribution in [0.4, 0.5) is 4.39 Å². The maximum absolute atomic E-state index is 13.1. The van der Waals surface area contributed by atoms with Gasteiger partial charge in [0.25, 0.3) is 0 Å². The molecule has 1 N–H and O–H groups in total. The van der Waals surface area contributed by atoms with Gasteiger partial charge in [0.2, 0.25) is 0 Å². The summed E-state index contributed by atoms with van der Waals surface area (Å²) in [7, 11) is 0. The first-order valence-electron chi connectivity index (χ1n) is 4.51. The van der Waals surface area contributed by atoms with Crippen LogP contribution in [0.3, 0.4) is 0 Å². The van der Waals surface area contributed by atoms with Gasteiger partial charge in [-0.25, -0.2) is 4.39 Å². The fourth-order valence-electron chi connectivity index (χ4n) is 1.45. The normalized spacial score (nSPS) is 10.4. The number of benzene rings is 2. The van der Waals surface area contributed by atoms with E-state index in [1.807, 2.05) is 0 Å². The largest absolute Gasteiger partial charge is 0.508 e. The number of hydrogen-bond donors (Lipinski definition) is 1. The molecule has 0 aromatic heterocycles. The highest BCUT2D eigenvalue weighted by molar-refractivity contribution is 6.35. The molecule has 0 atom stereocenters. The zero-order valence-electron chi connectivity index (χ0n) is 8.05. The Labute approximate surface area is 102 Å². The molecule has 0 aliphatic rings. The first-order valence-corrected chi connectivity index (χ1v) is 5.27. The van der Waals surface area contributed by atoms with Crippen LogP contribution in [0.25, 0.3) is 11.1 Å². The lowest BCUT2D eigenvalue weighted by Gasteiger charge is -2.06. The summed E-state index contributed by atoms with van der Waals surface area (Å²) < 4.78 is 13.1. The van der Waals surface area contributed by atoms with Crippen LogP contribution in [0.15, 0.2) is 36.4 Å². The Kier molecular flexibility index (Phi) is 3.03. The fraction of sp³-hybridized carbons (Fsp3) is 0. The number of rotatable bonds is 1. The van der Waals surface area contributed by atoms with Gasteiger partial charge in [0.15, 0.2) is 0 Å². The summed E-state index contributed by atoms with van der Waals surface area (Å²) in [6, 6.07) is 8.64. The van der Waals surface area contributed by atoms with Gasteiger partial charge in [-0.15, -0.1) is 0 Å². The monoisotopic (exact) mass is 256 g/mol. The summed E-state index contributed by atoms with van der Waals surface area (Å²) in [5, 5.41) is 10.3. The highest BCUT2D eigenvalue weighted by Crippen LogP contribution is 2.32. The van der Waals surface area contributed by atoms with Crippen molar-refractivity contribution < 1.29 is 9.50 Å². The zero-order valence-corrected chi connectivity index (χ0v) is 9.56. The van der Waals surface area contributed by atoms with Gasteiger partial charge < -0.3 is 5.11 Å². The second kappa shape index (κ2) is 4.32. The van der Waals surface area contributed by atoms with Gasteiger partial charge >= 0.3 is 0 Å². The molecule has 82 valence electrons. The van der Waals surface area contributed by atoms with E-state index in [-0.39, 0.29) is 5.75 Å². The molecule has 2 rings (SSSR count). The van der Waals surface area contributed by atoms with Crippen LogP contribution in [-0.4, -0.2) is 5.11 Å². The predicted octanol–water partition coefficient (Wildman–Crippen LogP) is 4.51. The van der Waals surface area contributed by atoms with Gasteiger partial charge in [0.1, 0.15) is 11.6 Å². The van der Waals surface area contributed by atoms with E-state index in [0.717, 1.165) is 6.07 Å². The minimum absolute atomic E-state index is 0.147. The summed E-state index contributed by atoms with van der Waals surface area (Å²) in [6.45, 7) is 0. The van der Waals surface area contributed by atoms with Crippen LogP contribution in [0, 0.1) is 5.82 Å². The number of phenols is 1. The number of halogens is 3. The Hall–Kier alpha value is -1.25. The summed E-state index contributed by atoms with van der Waals surface area (Å²) >= 11 is 11.8. The molecule has 1 nitrogen and oxygen atoms in total. The SMILES string of the molecule is Oc1cc(F)cc(-c2cc(Cl)ccc2Cl)c1. The molecule has 16 heavy (non-hydrogen) atoms. The topological polar surface area (TPSA) is 20.2 Å². The van der Waals surface area contributed by atoms with Crippen molar-refractivity contribution in [3.8, 4) is 16.9 Å². The van der Waals surface area contributed by atoms with Gasteiger partial charge in [0.05, 0.1) is 0 Å². The average Bonchev–Trinajstić information content (AvgIpc) is 2.20. The summed E-state index contributed by atoms with van der Waals surface area (Å²) in [6.07, 6.45) is 0. The lowest BCUT2D eigenvalue weighted by molar-refractivity contribution is 0.469. The first kappa shape index (κ1) is 11.2. The molecule has 2 aromatic rings. The van der Waals surface area contributed by atoms with Gasteiger partial charge in [0, 0.05) is 21.7 Å². The van der Waals surface area contributed by atoms with Crippen LogP contribution < -0.4 is 0 Å². The van der Waals surface area contributed by atoms with Crippen LogP contribution in [0.1, 0.15) is 0 Å². The van der Waals surface area contributed by atoms with E-state index in [1.165, 1.54) is 12.1 Å².